The number of hydrogen-bond acceptors (Lipinski definition) is 3. The van der Waals surface area contributed by atoms with Crippen LogP contribution in [0.5, 0.6) is 0 Å². The number of aldehydes is 1. The molecule has 0 aliphatic rings. The molecule has 0 saturated carbocycles. The van der Waals surface area contributed by atoms with Crippen LogP contribution in [0, 0.1) is 0 Å². The minimum atomic E-state index is -0.789. The summed E-state index contributed by atoms with van der Waals surface area (Å²) in [5.74, 6) is 0. The Labute approximate surface area is 45.5 Å². The maximum Gasteiger partial charge on any atom is 0.332 e. The van der Waals surface area contributed by atoms with Gasteiger partial charge in [0.25, 0.3) is 0 Å². The second-order valence-corrected chi connectivity index (χ2v) is 0.890. The van der Waals surface area contributed by atoms with Crippen LogP contribution in [0.15, 0.2) is 5.10 Å². The lowest BCUT2D eigenvalue weighted by Crippen LogP contribution is -2.24. The minimum absolute atomic E-state index is 0.427. The van der Waals surface area contributed by atoms with Gasteiger partial charge in [0.2, 0.25) is 0 Å². The highest BCUT2D eigenvalue weighted by Gasteiger charge is 1.80. The van der Waals surface area contributed by atoms with E-state index in [9.17, 15) is 9.59 Å². The van der Waals surface area contributed by atoms with Crippen molar-refractivity contribution >= 4 is 18.5 Å². The summed E-state index contributed by atoms with van der Waals surface area (Å²) in [5, 5.41) is 3.07. The molecule has 2 amide bonds. The molecule has 0 aromatic rings. The van der Waals surface area contributed by atoms with Crippen LogP contribution in [0.1, 0.15) is 0 Å². The SMILES string of the molecule is NC(=O)NN=CC=O. The molecule has 0 bridgehead atoms. The van der Waals surface area contributed by atoms with Crippen molar-refractivity contribution in [3.63, 3.8) is 0 Å². The summed E-state index contributed by atoms with van der Waals surface area (Å²) in [4.78, 5) is 19.2. The van der Waals surface area contributed by atoms with Crippen molar-refractivity contribution in [2.75, 3.05) is 0 Å². The fraction of sp³-hybridized carbons (Fsp3) is 0. The second kappa shape index (κ2) is 3.79. The Balaban J connectivity index is 3.29. The van der Waals surface area contributed by atoms with Crippen LogP contribution in [-0.4, -0.2) is 18.5 Å². The number of urea groups is 1. The minimum Gasteiger partial charge on any atom is -0.350 e. The first-order valence-corrected chi connectivity index (χ1v) is 1.79. The Kier molecular flexibility index (Phi) is 3.13. The highest BCUT2D eigenvalue weighted by atomic mass is 16.2. The number of nitrogens with two attached hydrogens (primary N) is 1. The Morgan fingerprint density at radius 3 is 2.75 bits per heavy atom. The van der Waals surface area contributed by atoms with E-state index in [4.69, 9.17) is 0 Å². The number of carbonyl (C=O) groups excluding carboxylic acids is 2. The van der Waals surface area contributed by atoms with Crippen molar-refractivity contribution in [3.8, 4) is 0 Å². The fourth-order valence-corrected chi connectivity index (χ4v) is 0.131. The van der Waals surface area contributed by atoms with Crippen LogP contribution >= 0.6 is 0 Å². The third kappa shape index (κ3) is 4.61. The number of nitrogens with one attached hydrogen (secondary N) is 1. The van der Waals surface area contributed by atoms with E-state index >= 15 is 0 Å². The predicted molar refractivity (Wildman–Crippen MR) is 27.3 cm³/mol. The fourth-order valence-electron chi connectivity index (χ4n) is 0.131. The quantitative estimate of drug-likeness (QED) is 0.270. The highest BCUT2D eigenvalue weighted by Crippen LogP contribution is 1.52. The molecule has 0 unspecified atom stereocenters. The smallest absolute Gasteiger partial charge is 0.332 e. The lowest BCUT2D eigenvalue weighted by molar-refractivity contribution is -0.102. The number of amides is 2. The van der Waals surface area contributed by atoms with E-state index in [-0.39, 0.29) is 0 Å². The lowest BCUT2D eigenvalue weighted by Gasteiger charge is -1.84. The molecule has 5 heteroatoms. The first kappa shape index (κ1) is 6.61. The van der Waals surface area contributed by atoms with Crippen LogP contribution in [0.2, 0.25) is 0 Å². The summed E-state index contributed by atoms with van der Waals surface area (Å²) in [6.45, 7) is 0. The van der Waals surface area contributed by atoms with Crippen molar-refractivity contribution in [2.45, 2.75) is 0 Å². The molecule has 0 aromatic heterocycles. The molecule has 0 saturated heterocycles. The molecule has 0 radical (unpaired) electrons. The Morgan fingerprint density at radius 1 is 1.75 bits per heavy atom. The molecule has 5 nitrogen and oxygen atoms in total. The summed E-state index contributed by atoms with van der Waals surface area (Å²) in [5.41, 5.74) is 6.38. The maximum atomic E-state index is 9.76. The monoisotopic (exact) mass is 115 g/mol. The lowest BCUT2D eigenvalue weighted by atomic mass is 10.9. The standard InChI is InChI=1S/C3H5N3O2/c4-3(8)6-5-1-2-7/h1-2H,(H3,4,6,8). The zero-order valence-corrected chi connectivity index (χ0v) is 4.00. The normalized spacial score (nSPS) is 9.00. The van der Waals surface area contributed by atoms with Gasteiger partial charge in [0.05, 0.1) is 6.21 Å². The number of hydrogen-bond donors (Lipinski definition) is 2. The topological polar surface area (TPSA) is 84.6 Å². The largest absolute Gasteiger partial charge is 0.350 e. The number of primary amides is 1. The summed E-state index contributed by atoms with van der Waals surface area (Å²) in [6.07, 6.45) is 1.31. The number of carbonyl (C=O) groups is 2. The molecule has 0 heterocycles. The maximum absolute atomic E-state index is 9.76. The molecule has 8 heavy (non-hydrogen) atoms. The average Bonchev–Trinajstić information content (AvgIpc) is 1.66. The first-order valence-electron chi connectivity index (χ1n) is 1.79. The Hall–Kier alpha value is -1.39. The highest BCUT2D eigenvalue weighted by molar-refractivity contribution is 6.12. The molecular weight excluding hydrogens is 110 g/mol. The molecule has 0 aliphatic heterocycles. The van der Waals surface area contributed by atoms with E-state index < -0.39 is 6.03 Å². The molecule has 3 N–H and O–H groups in total. The Morgan fingerprint density at radius 2 is 2.38 bits per heavy atom. The first-order chi connectivity index (χ1) is 3.77. The molecular formula is C3H5N3O2. The van der Waals surface area contributed by atoms with Gasteiger partial charge >= 0.3 is 6.03 Å². The van der Waals surface area contributed by atoms with E-state index in [2.05, 4.69) is 10.8 Å². The van der Waals surface area contributed by atoms with Gasteiger partial charge in [-0.15, -0.1) is 0 Å². The van der Waals surface area contributed by atoms with Gasteiger partial charge in [-0.1, -0.05) is 0 Å². The molecule has 0 rings (SSSR count). The van der Waals surface area contributed by atoms with Crippen LogP contribution < -0.4 is 11.2 Å². The molecule has 44 valence electrons. The molecule has 0 atom stereocenters. The summed E-state index contributed by atoms with van der Waals surface area (Å²) < 4.78 is 0. The van der Waals surface area contributed by atoms with E-state index in [0.29, 0.717) is 6.29 Å². The van der Waals surface area contributed by atoms with Gasteiger partial charge < -0.3 is 5.73 Å². The summed E-state index contributed by atoms with van der Waals surface area (Å²) >= 11 is 0. The van der Waals surface area contributed by atoms with E-state index in [1.807, 2.05) is 5.43 Å². The van der Waals surface area contributed by atoms with Gasteiger partial charge in [-0.2, -0.15) is 5.10 Å². The number of nitrogens with zero attached hydrogens (tertiary/aromatic N) is 1. The van der Waals surface area contributed by atoms with E-state index in [1.165, 1.54) is 0 Å². The number of rotatable bonds is 2. The second-order valence-electron chi connectivity index (χ2n) is 0.890. The van der Waals surface area contributed by atoms with Gasteiger partial charge in [0, 0.05) is 0 Å². The van der Waals surface area contributed by atoms with Crippen LogP contribution in [0.25, 0.3) is 0 Å². The number of hydrazone groups is 1. The van der Waals surface area contributed by atoms with Crippen molar-refractivity contribution in [1.29, 1.82) is 0 Å². The third-order valence-corrected chi connectivity index (χ3v) is 0.310. The van der Waals surface area contributed by atoms with Crippen molar-refractivity contribution in [3.05, 3.63) is 0 Å². The van der Waals surface area contributed by atoms with Crippen LogP contribution in [0.4, 0.5) is 4.79 Å². The van der Waals surface area contributed by atoms with Crippen molar-refractivity contribution in [2.24, 2.45) is 10.8 Å². The molecule has 0 aromatic carbocycles. The van der Waals surface area contributed by atoms with Crippen LogP contribution in [-0.2, 0) is 4.79 Å². The summed E-state index contributed by atoms with van der Waals surface area (Å²) in [7, 11) is 0. The third-order valence-electron chi connectivity index (χ3n) is 0.310. The van der Waals surface area contributed by atoms with Crippen molar-refractivity contribution in [1.82, 2.24) is 5.43 Å². The van der Waals surface area contributed by atoms with Gasteiger partial charge in [0.1, 0.15) is 0 Å². The zero-order chi connectivity index (χ0) is 6.41. The van der Waals surface area contributed by atoms with Gasteiger partial charge in [-0.25, -0.2) is 10.2 Å². The predicted octanol–water partition coefficient (Wildman–Crippen LogP) is -1.16. The van der Waals surface area contributed by atoms with Gasteiger partial charge in [0.15, 0.2) is 6.29 Å². The molecule has 0 aliphatic carbocycles. The average molecular weight is 115 g/mol. The molecule has 0 spiro atoms. The van der Waals surface area contributed by atoms with Gasteiger partial charge in [-0.3, -0.25) is 4.79 Å². The van der Waals surface area contributed by atoms with E-state index in [1.54, 1.807) is 0 Å². The summed E-state index contributed by atoms with van der Waals surface area (Å²) in [6, 6.07) is -0.789. The van der Waals surface area contributed by atoms with Gasteiger partial charge in [-0.05, 0) is 0 Å². The Bertz CT molecular complexity index is 120. The molecule has 0 fully saturated rings. The van der Waals surface area contributed by atoms with E-state index in [0.717, 1.165) is 6.21 Å². The zero-order valence-electron chi connectivity index (χ0n) is 4.00. The van der Waals surface area contributed by atoms with Crippen molar-refractivity contribution < 1.29 is 9.59 Å². The van der Waals surface area contributed by atoms with Crippen LogP contribution in [0.3, 0.4) is 0 Å².